The first-order valence-electron chi connectivity index (χ1n) is 12.4. The van der Waals surface area contributed by atoms with Crippen LogP contribution in [0.1, 0.15) is 16.7 Å². The van der Waals surface area contributed by atoms with Crippen molar-refractivity contribution in [2.24, 2.45) is 0 Å². The van der Waals surface area contributed by atoms with Gasteiger partial charge in [0.2, 0.25) is 0 Å². The lowest BCUT2D eigenvalue weighted by atomic mass is 10.1. The van der Waals surface area contributed by atoms with E-state index in [1.165, 1.54) is 9.87 Å². The molecule has 9 heteroatoms. The van der Waals surface area contributed by atoms with E-state index in [1.54, 1.807) is 42.5 Å². The summed E-state index contributed by atoms with van der Waals surface area (Å²) in [6.07, 6.45) is -0.982. The number of anilines is 1. The number of carbonyl (C=O) groups excluding carboxylic acids is 1. The van der Waals surface area contributed by atoms with Gasteiger partial charge >= 0.3 is 0 Å². The van der Waals surface area contributed by atoms with Crippen LogP contribution in [0.2, 0.25) is 0 Å². The first kappa shape index (κ1) is 25.3. The summed E-state index contributed by atoms with van der Waals surface area (Å²) in [5.41, 5.74) is 3.48. The van der Waals surface area contributed by atoms with Gasteiger partial charge in [0.25, 0.3) is 15.9 Å². The fourth-order valence-electron chi connectivity index (χ4n) is 4.60. The molecule has 37 heavy (non-hydrogen) atoms. The summed E-state index contributed by atoms with van der Waals surface area (Å²) in [6, 6.07) is 21.7. The van der Waals surface area contributed by atoms with E-state index in [0.717, 1.165) is 44.0 Å². The molecule has 0 saturated carbocycles. The van der Waals surface area contributed by atoms with Crippen LogP contribution in [-0.2, 0) is 32.6 Å². The molecule has 0 aromatic heterocycles. The number of rotatable bonds is 7. The van der Waals surface area contributed by atoms with Crippen molar-refractivity contribution in [1.82, 2.24) is 10.2 Å². The lowest BCUT2D eigenvalue weighted by molar-refractivity contribution is -0.127. The number of fused-ring (bicyclic) bond motifs is 1. The first-order chi connectivity index (χ1) is 17.9. The minimum Gasteiger partial charge on any atom is -0.476 e. The average Bonchev–Trinajstić information content (AvgIpc) is 2.92. The number of amides is 1. The highest BCUT2D eigenvalue weighted by Crippen LogP contribution is 2.37. The Hall–Kier alpha value is -3.40. The average molecular weight is 522 g/mol. The Morgan fingerprint density at radius 1 is 0.973 bits per heavy atom. The summed E-state index contributed by atoms with van der Waals surface area (Å²) >= 11 is 0. The molecule has 194 valence electrons. The quantitative estimate of drug-likeness (QED) is 0.514. The van der Waals surface area contributed by atoms with Gasteiger partial charge in [-0.1, -0.05) is 48.5 Å². The van der Waals surface area contributed by atoms with Gasteiger partial charge in [0.1, 0.15) is 5.75 Å². The van der Waals surface area contributed by atoms with Crippen molar-refractivity contribution in [1.29, 1.82) is 0 Å². The maximum absolute atomic E-state index is 13.5. The van der Waals surface area contributed by atoms with E-state index >= 15 is 0 Å². The topological polar surface area (TPSA) is 88.2 Å². The lowest BCUT2D eigenvalue weighted by Gasteiger charge is -2.35. The molecular weight excluding hydrogens is 490 g/mol. The van der Waals surface area contributed by atoms with Crippen LogP contribution in [0, 0.1) is 6.92 Å². The van der Waals surface area contributed by atoms with E-state index in [0.29, 0.717) is 18.0 Å². The van der Waals surface area contributed by atoms with E-state index in [2.05, 4.69) is 22.3 Å². The smallest absolute Gasteiger partial charge is 0.264 e. The summed E-state index contributed by atoms with van der Waals surface area (Å²) in [5.74, 6) is 0.0115. The third kappa shape index (κ3) is 5.79. The van der Waals surface area contributed by atoms with Gasteiger partial charge in [-0.2, -0.15) is 0 Å². The van der Waals surface area contributed by atoms with Gasteiger partial charge in [0, 0.05) is 26.2 Å². The van der Waals surface area contributed by atoms with Crippen molar-refractivity contribution >= 4 is 21.6 Å². The molecule has 3 aromatic rings. The molecule has 1 unspecified atom stereocenters. The molecule has 3 aromatic carbocycles. The van der Waals surface area contributed by atoms with Gasteiger partial charge < -0.3 is 14.8 Å². The Morgan fingerprint density at radius 3 is 2.51 bits per heavy atom. The van der Waals surface area contributed by atoms with Crippen LogP contribution >= 0.6 is 0 Å². The number of ether oxygens (including phenoxy) is 2. The Balaban J connectivity index is 1.31. The van der Waals surface area contributed by atoms with Crippen molar-refractivity contribution < 1.29 is 22.7 Å². The van der Waals surface area contributed by atoms with E-state index in [4.69, 9.17) is 9.47 Å². The minimum absolute atomic E-state index is 0.115. The zero-order valence-corrected chi connectivity index (χ0v) is 21.6. The second-order valence-corrected chi connectivity index (χ2v) is 11.2. The van der Waals surface area contributed by atoms with Crippen LogP contribution in [0.4, 0.5) is 5.69 Å². The van der Waals surface area contributed by atoms with Crippen molar-refractivity contribution in [3.8, 4) is 5.75 Å². The van der Waals surface area contributed by atoms with Crippen LogP contribution in [0.3, 0.4) is 0 Å². The molecule has 8 nitrogen and oxygen atoms in total. The Morgan fingerprint density at radius 2 is 1.73 bits per heavy atom. The van der Waals surface area contributed by atoms with Gasteiger partial charge in [-0.15, -0.1) is 0 Å². The number of sulfonamides is 1. The maximum atomic E-state index is 13.5. The van der Waals surface area contributed by atoms with Gasteiger partial charge in [-0.3, -0.25) is 14.0 Å². The highest BCUT2D eigenvalue weighted by Gasteiger charge is 2.37. The van der Waals surface area contributed by atoms with Crippen molar-refractivity contribution in [2.45, 2.75) is 31.0 Å². The summed E-state index contributed by atoms with van der Waals surface area (Å²) < 4.78 is 39.7. The van der Waals surface area contributed by atoms with E-state index in [1.807, 2.05) is 25.1 Å². The zero-order chi connectivity index (χ0) is 25.8. The maximum Gasteiger partial charge on any atom is 0.264 e. The predicted octanol–water partition coefficient (Wildman–Crippen LogP) is 3.10. The molecule has 2 heterocycles. The van der Waals surface area contributed by atoms with E-state index < -0.39 is 16.1 Å². The first-order valence-corrected chi connectivity index (χ1v) is 13.8. The fourth-order valence-corrected chi connectivity index (χ4v) is 6.10. The van der Waals surface area contributed by atoms with Gasteiger partial charge in [0.15, 0.2) is 6.10 Å². The molecule has 0 radical (unpaired) electrons. The molecule has 0 aliphatic carbocycles. The molecule has 1 saturated heterocycles. The summed E-state index contributed by atoms with van der Waals surface area (Å²) in [4.78, 5) is 15.7. The van der Waals surface area contributed by atoms with Gasteiger partial charge in [0.05, 0.1) is 30.3 Å². The standard InChI is InChI=1S/C28H31N3O5S/c1-21-10-11-25-26(16-21)36-27(20-31(25)37(33,34)24-8-3-2-4-9-24)28(32)29-18-22-6-5-7-23(17-22)19-30-12-14-35-15-13-30/h2-11,16-17,27H,12-15,18-20H2,1H3,(H,29,32). The zero-order valence-electron chi connectivity index (χ0n) is 20.8. The number of aryl methyl sites for hydroxylation is 1. The monoisotopic (exact) mass is 521 g/mol. The number of nitrogens with zero attached hydrogens (tertiary/aromatic N) is 2. The normalized spacial score (nSPS) is 18.1. The third-order valence-electron chi connectivity index (χ3n) is 6.58. The van der Waals surface area contributed by atoms with E-state index in [9.17, 15) is 13.2 Å². The van der Waals surface area contributed by atoms with Crippen LogP contribution in [-0.4, -0.2) is 58.2 Å². The van der Waals surface area contributed by atoms with Crippen LogP contribution < -0.4 is 14.4 Å². The number of hydrogen-bond donors (Lipinski definition) is 1. The number of nitrogens with one attached hydrogen (secondary N) is 1. The minimum atomic E-state index is -3.88. The molecule has 0 bridgehead atoms. The predicted molar refractivity (Wildman–Crippen MR) is 141 cm³/mol. The number of hydrogen-bond acceptors (Lipinski definition) is 6. The van der Waals surface area contributed by atoms with Crippen LogP contribution in [0.15, 0.2) is 77.7 Å². The molecule has 1 fully saturated rings. The third-order valence-corrected chi connectivity index (χ3v) is 8.37. The Kier molecular flexibility index (Phi) is 7.45. The molecular formula is C28H31N3O5S. The summed E-state index contributed by atoms with van der Waals surface area (Å²) in [5, 5.41) is 2.94. The lowest BCUT2D eigenvalue weighted by Crippen LogP contribution is -2.50. The van der Waals surface area contributed by atoms with Crippen LogP contribution in [0.5, 0.6) is 5.75 Å². The van der Waals surface area contributed by atoms with E-state index in [-0.39, 0.29) is 17.3 Å². The van der Waals surface area contributed by atoms with Gasteiger partial charge in [-0.25, -0.2) is 8.42 Å². The van der Waals surface area contributed by atoms with Crippen LogP contribution in [0.25, 0.3) is 0 Å². The molecule has 1 amide bonds. The second kappa shape index (κ2) is 10.9. The number of carbonyl (C=O) groups is 1. The highest BCUT2D eigenvalue weighted by molar-refractivity contribution is 7.92. The Bertz CT molecular complexity index is 1360. The highest BCUT2D eigenvalue weighted by atomic mass is 32.2. The molecule has 5 rings (SSSR count). The van der Waals surface area contributed by atoms with Crippen molar-refractivity contribution in [3.63, 3.8) is 0 Å². The number of benzene rings is 3. The summed E-state index contributed by atoms with van der Waals surface area (Å²) in [7, 11) is -3.88. The Labute approximate surface area is 217 Å². The van der Waals surface area contributed by atoms with Crippen molar-refractivity contribution in [3.05, 3.63) is 89.5 Å². The SMILES string of the molecule is Cc1ccc2c(c1)OC(C(=O)NCc1cccc(CN3CCOCC3)c1)CN2S(=O)(=O)c1ccccc1. The number of morpholine rings is 1. The largest absolute Gasteiger partial charge is 0.476 e. The molecule has 1 atom stereocenters. The molecule has 1 N–H and O–H groups in total. The second-order valence-electron chi connectivity index (χ2n) is 9.35. The molecule has 2 aliphatic rings. The van der Waals surface area contributed by atoms with Crippen molar-refractivity contribution in [2.75, 3.05) is 37.2 Å². The fraction of sp³-hybridized carbons (Fsp3) is 0.321. The molecule has 0 spiro atoms. The van der Waals surface area contributed by atoms with Gasteiger partial charge in [-0.05, 0) is 47.9 Å². The summed E-state index contributed by atoms with van der Waals surface area (Å²) in [6.45, 7) is 6.24. The molecule has 2 aliphatic heterocycles.